The molecule has 2 aromatic rings. The Morgan fingerprint density at radius 3 is 3.14 bits per heavy atom. The Morgan fingerprint density at radius 2 is 2.27 bits per heavy atom. The van der Waals surface area contributed by atoms with Crippen LogP contribution in [0.4, 0.5) is 0 Å². The molecule has 0 unspecified atom stereocenters. The fourth-order valence-corrected chi connectivity index (χ4v) is 3.04. The minimum atomic E-state index is -0.0275. The van der Waals surface area contributed by atoms with Crippen LogP contribution in [0, 0.1) is 0 Å². The molecule has 1 heterocycles. The fourth-order valence-electron chi connectivity index (χ4n) is 3.04. The highest BCUT2D eigenvalue weighted by molar-refractivity contribution is 5.76. The maximum atomic E-state index is 12.2. The molecule has 1 aliphatic carbocycles. The van der Waals surface area contributed by atoms with E-state index in [4.69, 9.17) is 5.11 Å². The van der Waals surface area contributed by atoms with E-state index < -0.39 is 0 Å². The fraction of sp³-hybridized carbons (Fsp3) is 0.412. The molecule has 3 rings (SSSR count). The third-order valence-corrected chi connectivity index (χ3v) is 4.10. The van der Waals surface area contributed by atoms with Crippen LogP contribution in [0.1, 0.15) is 35.6 Å². The quantitative estimate of drug-likeness (QED) is 0.881. The van der Waals surface area contributed by atoms with E-state index in [1.165, 1.54) is 11.1 Å². The molecule has 1 amide bonds. The first-order valence-corrected chi connectivity index (χ1v) is 7.75. The number of carbonyl (C=O) groups is 1. The molecule has 5 nitrogen and oxygen atoms in total. The Morgan fingerprint density at radius 1 is 1.41 bits per heavy atom. The van der Waals surface area contributed by atoms with Crippen molar-refractivity contribution in [1.29, 1.82) is 0 Å². The molecular weight excluding hydrogens is 278 g/mol. The Bertz CT molecular complexity index is 651. The summed E-state index contributed by atoms with van der Waals surface area (Å²) in [6.45, 7) is 0.306. The average Bonchev–Trinajstić information content (AvgIpc) is 2.95. The smallest absolute Gasteiger partial charge is 0.242 e. The molecule has 0 bridgehead atoms. The Labute approximate surface area is 130 Å². The van der Waals surface area contributed by atoms with Gasteiger partial charge < -0.3 is 10.4 Å². The molecule has 0 fully saturated rings. The van der Waals surface area contributed by atoms with Crippen molar-refractivity contribution < 1.29 is 9.90 Å². The highest BCUT2D eigenvalue weighted by atomic mass is 16.3. The molecule has 0 radical (unpaired) electrons. The summed E-state index contributed by atoms with van der Waals surface area (Å²) >= 11 is 0. The van der Waals surface area contributed by atoms with Crippen LogP contribution in [0.3, 0.4) is 0 Å². The van der Waals surface area contributed by atoms with E-state index >= 15 is 0 Å². The van der Waals surface area contributed by atoms with Crippen molar-refractivity contribution in [3.63, 3.8) is 0 Å². The van der Waals surface area contributed by atoms with Crippen molar-refractivity contribution in [2.45, 2.75) is 38.3 Å². The minimum Gasteiger partial charge on any atom is -0.396 e. The van der Waals surface area contributed by atoms with Gasteiger partial charge in [0.25, 0.3) is 0 Å². The van der Waals surface area contributed by atoms with Crippen LogP contribution in [0.25, 0.3) is 0 Å². The van der Waals surface area contributed by atoms with Crippen molar-refractivity contribution in [1.82, 2.24) is 15.1 Å². The van der Waals surface area contributed by atoms with Crippen LogP contribution in [-0.2, 0) is 24.2 Å². The normalized spacial score (nSPS) is 17.0. The van der Waals surface area contributed by atoms with Crippen molar-refractivity contribution in [3.8, 4) is 0 Å². The molecule has 2 N–H and O–H groups in total. The molecule has 1 aliphatic rings. The largest absolute Gasteiger partial charge is 0.396 e. The van der Waals surface area contributed by atoms with E-state index in [9.17, 15) is 4.79 Å². The van der Waals surface area contributed by atoms with Gasteiger partial charge in [-0.3, -0.25) is 9.48 Å². The van der Waals surface area contributed by atoms with Crippen molar-refractivity contribution in [2.24, 2.45) is 0 Å². The number of aromatic nitrogens is 2. The second-order valence-corrected chi connectivity index (χ2v) is 5.73. The lowest BCUT2D eigenvalue weighted by Crippen LogP contribution is -2.33. The summed E-state index contributed by atoms with van der Waals surface area (Å²) in [6, 6.07) is 8.42. The van der Waals surface area contributed by atoms with Gasteiger partial charge in [-0.2, -0.15) is 5.10 Å². The number of aliphatic hydroxyl groups excluding tert-OH is 1. The van der Waals surface area contributed by atoms with E-state index in [0.29, 0.717) is 6.42 Å². The lowest BCUT2D eigenvalue weighted by atomic mass is 9.88. The first-order chi connectivity index (χ1) is 10.8. The van der Waals surface area contributed by atoms with Crippen molar-refractivity contribution in [2.75, 3.05) is 6.61 Å². The van der Waals surface area contributed by atoms with Gasteiger partial charge in [0.2, 0.25) is 5.91 Å². The lowest BCUT2D eigenvalue weighted by Gasteiger charge is -2.26. The molecule has 1 atom stereocenters. The summed E-state index contributed by atoms with van der Waals surface area (Å²) in [5, 5.41) is 16.2. The number of aryl methyl sites for hydroxylation is 1. The number of hydrogen-bond acceptors (Lipinski definition) is 3. The van der Waals surface area contributed by atoms with Gasteiger partial charge >= 0.3 is 0 Å². The number of benzene rings is 1. The highest BCUT2D eigenvalue weighted by Gasteiger charge is 2.21. The molecule has 0 aliphatic heterocycles. The topological polar surface area (TPSA) is 67.2 Å². The van der Waals surface area contributed by atoms with E-state index in [0.717, 1.165) is 24.8 Å². The summed E-state index contributed by atoms with van der Waals surface area (Å²) in [7, 11) is 0. The maximum absolute atomic E-state index is 12.2. The van der Waals surface area contributed by atoms with Gasteiger partial charge in [-0.05, 0) is 42.4 Å². The SMILES string of the molecule is O=C(Cn1cc(CCO)cn1)N[C@H]1CCCc2ccccc21. The van der Waals surface area contributed by atoms with E-state index in [-0.39, 0.29) is 25.1 Å². The van der Waals surface area contributed by atoms with Crippen LogP contribution in [0.15, 0.2) is 36.7 Å². The predicted molar refractivity (Wildman–Crippen MR) is 83.3 cm³/mol. The van der Waals surface area contributed by atoms with Crippen LogP contribution < -0.4 is 5.32 Å². The number of amides is 1. The van der Waals surface area contributed by atoms with Crippen LogP contribution in [-0.4, -0.2) is 27.4 Å². The summed E-state index contributed by atoms with van der Waals surface area (Å²) in [6.07, 6.45) is 7.25. The first kappa shape index (κ1) is 14.8. The van der Waals surface area contributed by atoms with Crippen LogP contribution >= 0.6 is 0 Å². The Hall–Kier alpha value is -2.14. The van der Waals surface area contributed by atoms with Gasteiger partial charge in [-0.15, -0.1) is 0 Å². The van der Waals surface area contributed by atoms with Gasteiger partial charge in [0.05, 0.1) is 12.2 Å². The second-order valence-electron chi connectivity index (χ2n) is 5.73. The second kappa shape index (κ2) is 6.75. The monoisotopic (exact) mass is 299 g/mol. The number of nitrogens with one attached hydrogen (secondary N) is 1. The minimum absolute atomic E-state index is 0.0275. The molecular formula is C17H21N3O2. The van der Waals surface area contributed by atoms with Crippen molar-refractivity contribution in [3.05, 3.63) is 53.3 Å². The van der Waals surface area contributed by atoms with Gasteiger partial charge in [0.1, 0.15) is 6.54 Å². The lowest BCUT2D eigenvalue weighted by molar-refractivity contribution is -0.122. The van der Waals surface area contributed by atoms with Crippen LogP contribution in [0.5, 0.6) is 0 Å². The molecule has 5 heteroatoms. The van der Waals surface area contributed by atoms with Crippen LogP contribution in [0.2, 0.25) is 0 Å². The van der Waals surface area contributed by atoms with E-state index in [1.54, 1.807) is 10.9 Å². The van der Waals surface area contributed by atoms with Gasteiger partial charge in [-0.25, -0.2) is 0 Å². The summed E-state index contributed by atoms with van der Waals surface area (Å²) in [4.78, 5) is 12.2. The first-order valence-electron chi connectivity index (χ1n) is 7.75. The number of carbonyl (C=O) groups excluding carboxylic acids is 1. The Kier molecular flexibility index (Phi) is 4.53. The molecule has 1 aromatic heterocycles. The molecule has 116 valence electrons. The standard InChI is InChI=1S/C17H21N3O2/c21-9-8-13-10-18-20(11-13)12-17(22)19-16-7-3-5-14-4-1-2-6-15(14)16/h1-2,4,6,10-11,16,21H,3,5,7-9,12H2,(H,19,22)/t16-/m0/s1. The van der Waals surface area contributed by atoms with E-state index in [2.05, 4.69) is 28.6 Å². The zero-order valence-corrected chi connectivity index (χ0v) is 12.5. The molecule has 1 aromatic carbocycles. The average molecular weight is 299 g/mol. The molecule has 0 spiro atoms. The molecule has 0 saturated carbocycles. The number of hydrogen-bond donors (Lipinski definition) is 2. The number of fused-ring (bicyclic) bond motifs is 1. The van der Waals surface area contributed by atoms with Gasteiger partial charge in [0, 0.05) is 12.8 Å². The summed E-state index contributed by atoms with van der Waals surface area (Å²) in [5.74, 6) is -0.0275. The third kappa shape index (κ3) is 3.36. The number of aliphatic hydroxyl groups is 1. The highest BCUT2D eigenvalue weighted by Crippen LogP contribution is 2.29. The van der Waals surface area contributed by atoms with Gasteiger partial charge in [0.15, 0.2) is 0 Å². The third-order valence-electron chi connectivity index (χ3n) is 4.10. The van der Waals surface area contributed by atoms with Crippen molar-refractivity contribution >= 4 is 5.91 Å². The molecule has 22 heavy (non-hydrogen) atoms. The summed E-state index contributed by atoms with van der Waals surface area (Å²) < 4.78 is 1.62. The maximum Gasteiger partial charge on any atom is 0.242 e. The summed E-state index contributed by atoms with van der Waals surface area (Å²) in [5.41, 5.74) is 3.52. The Balaban J connectivity index is 1.62. The number of rotatable bonds is 5. The predicted octanol–water partition coefficient (Wildman–Crippen LogP) is 1.61. The zero-order valence-electron chi connectivity index (χ0n) is 12.5. The van der Waals surface area contributed by atoms with E-state index in [1.807, 2.05) is 12.3 Å². The molecule has 0 saturated heterocycles. The van der Waals surface area contributed by atoms with Gasteiger partial charge in [-0.1, -0.05) is 24.3 Å². The number of nitrogens with zero attached hydrogens (tertiary/aromatic N) is 2. The zero-order chi connectivity index (χ0) is 15.4.